The molecule has 0 aliphatic carbocycles. The first-order chi connectivity index (χ1) is 7.75. The summed E-state index contributed by atoms with van der Waals surface area (Å²) in [6.45, 7) is 6.80. The minimum Gasteiger partial charge on any atom is -0.371 e. The fourth-order valence-corrected chi connectivity index (χ4v) is 2.41. The molecule has 1 N–H and O–H groups in total. The SMILES string of the molecule is CC(C)NC1CCN(c2ccccc2)CC1. The standard InChI is InChI=1S/C14H22N2/c1-12(2)15-13-8-10-16(11-9-13)14-6-4-3-5-7-14/h3-7,12-13,15H,8-11H2,1-2H3. The smallest absolute Gasteiger partial charge is 0.0366 e. The van der Waals surface area contributed by atoms with Crippen molar-refractivity contribution in [1.82, 2.24) is 5.32 Å². The van der Waals surface area contributed by atoms with Crippen molar-refractivity contribution in [3.05, 3.63) is 30.3 Å². The van der Waals surface area contributed by atoms with Crippen LogP contribution in [0.1, 0.15) is 26.7 Å². The van der Waals surface area contributed by atoms with E-state index in [0.717, 1.165) is 0 Å². The number of nitrogens with zero attached hydrogens (tertiary/aromatic N) is 1. The minimum atomic E-state index is 0.605. The predicted octanol–water partition coefficient (Wildman–Crippen LogP) is 2.65. The van der Waals surface area contributed by atoms with Crippen molar-refractivity contribution in [2.24, 2.45) is 0 Å². The third-order valence-electron chi connectivity index (χ3n) is 3.19. The Labute approximate surface area is 98.7 Å². The summed E-state index contributed by atoms with van der Waals surface area (Å²) in [5.41, 5.74) is 1.37. The summed E-state index contributed by atoms with van der Waals surface area (Å²) in [6.07, 6.45) is 2.51. The van der Waals surface area contributed by atoms with Crippen LogP contribution >= 0.6 is 0 Å². The van der Waals surface area contributed by atoms with E-state index in [0.29, 0.717) is 12.1 Å². The Balaban J connectivity index is 1.86. The minimum absolute atomic E-state index is 0.605. The zero-order chi connectivity index (χ0) is 11.4. The van der Waals surface area contributed by atoms with Crippen LogP contribution in [0, 0.1) is 0 Å². The first-order valence-corrected chi connectivity index (χ1v) is 6.32. The van der Waals surface area contributed by atoms with Crippen LogP contribution in [0.5, 0.6) is 0 Å². The van der Waals surface area contributed by atoms with Gasteiger partial charge in [0.05, 0.1) is 0 Å². The second-order valence-electron chi connectivity index (χ2n) is 4.92. The molecule has 0 unspecified atom stereocenters. The van der Waals surface area contributed by atoms with Gasteiger partial charge < -0.3 is 10.2 Å². The normalized spacial score (nSPS) is 18.1. The first kappa shape index (κ1) is 11.5. The molecule has 88 valence electrons. The summed E-state index contributed by atoms with van der Waals surface area (Å²) >= 11 is 0. The maximum Gasteiger partial charge on any atom is 0.0366 e. The first-order valence-electron chi connectivity index (χ1n) is 6.32. The molecule has 0 amide bonds. The Morgan fingerprint density at radius 3 is 2.31 bits per heavy atom. The van der Waals surface area contributed by atoms with Gasteiger partial charge in [-0.25, -0.2) is 0 Å². The van der Waals surface area contributed by atoms with Gasteiger partial charge in [-0.15, -0.1) is 0 Å². The highest BCUT2D eigenvalue weighted by molar-refractivity contribution is 5.46. The molecular weight excluding hydrogens is 196 g/mol. The second-order valence-corrected chi connectivity index (χ2v) is 4.92. The van der Waals surface area contributed by atoms with Gasteiger partial charge >= 0.3 is 0 Å². The van der Waals surface area contributed by atoms with Crippen LogP contribution in [-0.4, -0.2) is 25.2 Å². The fourth-order valence-electron chi connectivity index (χ4n) is 2.41. The zero-order valence-electron chi connectivity index (χ0n) is 10.3. The number of rotatable bonds is 3. The molecule has 1 aromatic rings. The van der Waals surface area contributed by atoms with E-state index in [4.69, 9.17) is 0 Å². The van der Waals surface area contributed by atoms with Crippen molar-refractivity contribution in [1.29, 1.82) is 0 Å². The van der Waals surface area contributed by atoms with Gasteiger partial charge in [-0.05, 0) is 25.0 Å². The average molecular weight is 218 g/mol. The van der Waals surface area contributed by atoms with Crippen LogP contribution in [0.25, 0.3) is 0 Å². The van der Waals surface area contributed by atoms with Gasteiger partial charge in [0.15, 0.2) is 0 Å². The van der Waals surface area contributed by atoms with Gasteiger partial charge in [0.25, 0.3) is 0 Å². The quantitative estimate of drug-likeness (QED) is 0.839. The van der Waals surface area contributed by atoms with Gasteiger partial charge in [0.1, 0.15) is 0 Å². The number of hydrogen-bond acceptors (Lipinski definition) is 2. The molecule has 1 heterocycles. The molecule has 1 aliphatic heterocycles. The Morgan fingerprint density at radius 1 is 1.12 bits per heavy atom. The Morgan fingerprint density at radius 2 is 1.75 bits per heavy atom. The van der Waals surface area contributed by atoms with Crippen LogP contribution in [0.4, 0.5) is 5.69 Å². The molecule has 0 spiro atoms. The van der Waals surface area contributed by atoms with Crippen molar-refractivity contribution in [3.8, 4) is 0 Å². The van der Waals surface area contributed by atoms with E-state index in [-0.39, 0.29) is 0 Å². The number of benzene rings is 1. The largest absolute Gasteiger partial charge is 0.371 e. The number of para-hydroxylation sites is 1. The van der Waals surface area contributed by atoms with Crippen LogP contribution in [-0.2, 0) is 0 Å². The highest BCUT2D eigenvalue weighted by Crippen LogP contribution is 2.19. The molecule has 0 radical (unpaired) electrons. The van der Waals surface area contributed by atoms with Gasteiger partial charge in [-0.1, -0.05) is 32.0 Å². The number of nitrogens with one attached hydrogen (secondary N) is 1. The maximum absolute atomic E-state index is 3.63. The van der Waals surface area contributed by atoms with E-state index in [2.05, 4.69) is 54.4 Å². The van der Waals surface area contributed by atoms with Crippen LogP contribution in [0.3, 0.4) is 0 Å². The lowest BCUT2D eigenvalue weighted by Crippen LogP contribution is -2.44. The molecule has 0 aromatic heterocycles. The van der Waals surface area contributed by atoms with Gasteiger partial charge in [0, 0.05) is 30.9 Å². The van der Waals surface area contributed by atoms with Gasteiger partial charge in [-0.2, -0.15) is 0 Å². The molecule has 2 rings (SSSR count). The van der Waals surface area contributed by atoms with E-state index in [1.807, 2.05) is 0 Å². The fraction of sp³-hybridized carbons (Fsp3) is 0.571. The summed E-state index contributed by atoms with van der Waals surface area (Å²) in [6, 6.07) is 12.0. The molecule has 1 saturated heterocycles. The molecule has 1 fully saturated rings. The lowest BCUT2D eigenvalue weighted by molar-refractivity contribution is 0.387. The summed E-state index contributed by atoms with van der Waals surface area (Å²) in [4.78, 5) is 2.48. The predicted molar refractivity (Wildman–Crippen MR) is 69.9 cm³/mol. The summed E-state index contributed by atoms with van der Waals surface area (Å²) in [5, 5.41) is 3.63. The molecule has 1 aromatic carbocycles. The van der Waals surface area contributed by atoms with Gasteiger partial charge in [-0.3, -0.25) is 0 Å². The molecule has 2 heteroatoms. The second kappa shape index (κ2) is 5.35. The molecule has 0 atom stereocenters. The lowest BCUT2D eigenvalue weighted by atomic mass is 10.0. The molecule has 0 saturated carbocycles. The van der Waals surface area contributed by atoms with Crippen molar-refractivity contribution in [2.75, 3.05) is 18.0 Å². The van der Waals surface area contributed by atoms with Crippen LogP contribution in [0.15, 0.2) is 30.3 Å². The average Bonchev–Trinajstić information content (AvgIpc) is 2.30. The van der Waals surface area contributed by atoms with E-state index < -0.39 is 0 Å². The van der Waals surface area contributed by atoms with Crippen molar-refractivity contribution >= 4 is 5.69 Å². The highest BCUT2D eigenvalue weighted by atomic mass is 15.1. The molecule has 1 aliphatic rings. The Kier molecular flexibility index (Phi) is 3.83. The van der Waals surface area contributed by atoms with Crippen molar-refractivity contribution < 1.29 is 0 Å². The summed E-state index contributed by atoms with van der Waals surface area (Å²) in [5.74, 6) is 0. The third kappa shape index (κ3) is 2.99. The molecule has 0 bridgehead atoms. The van der Waals surface area contributed by atoms with Crippen molar-refractivity contribution in [3.63, 3.8) is 0 Å². The zero-order valence-corrected chi connectivity index (χ0v) is 10.3. The highest BCUT2D eigenvalue weighted by Gasteiger charge is 2.19. The Hall–Kier alpha value is -1.02. The maximum atomic E-state index is 3.63. The van der Waals surface area contributed by atoms with E-state index in [1.165, 1.54) is 31.6 Å². The monoisotopic (exact) mass is 218 g/mol. The van der Waals surface area contributed by atoms with Crippen LogP contribution in [0.2, 0.25) is 0 Å². The molecular formula is C14H22N2. The molecule has 2 nitrogen and oxygen atoms in total. The van der Waals surface area contributed by atoms with E-state index in [9.17, 15) is 0 Å². The number of hydrogen-bond donors (Lipinski definition) is 1. The Bertz CT molecular complexity index is 300. The van der Waals surface area contributed by atoms with E-state index >= 15 is 0 Å². The number of anilines is 1. The molecule has 16 heavy (non-hydrogen) atoms. The topological polar surface area (TPSA) is 15.3 Å². The summed E-state index contributed by atoms with van der Waals surface area (Å²) < 4.78 is 0. The van der Waals surface area contributed by atoms with Crippen molar-refractivity contribution in [2.45, 2.75) is 38.8 Å². The lowest BCUT2D eigenvalue weighted by Gasteiger charge is -2.34. The van der Waals surface area contributed by atoms with Crippen LogP contribution < -0.4 is 10.2 Å². The third-order valence-corrected chi connectivity index (χ3v) is 3.19. The van der Waals surface area contributed by atoms with Gasteiger partial charge in [0.2, 0.25) is 0 Å². The summed E-state index contributed by atoms with van der Waals surface area (Å²) in [7, 11) is 0. The number of piperidine rings is 1. The van der Waals surface area contributed by atoms with E-state index in [1.54, 1.807) is 0 Å².